The van der Waals surface area contributed by atoms with E-state index in [0.29, 0.717) is 39.8 Å². The van der Waals surface area contributed by atoms with E-state index in [0.717, 1.165) is 0 Å². The molecule has 3 aromatic rings. The van der Waals surface area contributed by atoms with Crippen LogP contribution >= 0.6 is 22.9 Å². The lowest BCUT2D eigenvalue weighted by Gasteiger charge is -2.12. The van der Waals surface area contributed by atoms with Crippen LogP contribution in [0.15, 0.2) is 66.0 Å². The van der Waals surface area contributed by atoms with Gasteiger partial charge in [0.05, 0.1) is 16.1 Å². The molecular weight excluding hydrogens is 422 g/mol. The van der Waals surface area contributed by atoms with Gasteiger partial charge in [0.2, 0.25) is 5.91 Å². The molecule has 0 aliphatic rings. The first-order valence-corrected chi connectivity index (χ1v) is 10.6. The van der Waals surface area contributed by atoms with Gasteiger partial charge in [-0.2, -0.15) is 0 Å². The van der Waals surface area contributed by atoms with E-state index in [9.17, 15) is 14.4 Å². The van der Waals surface area contributed by atoms with E-state index in [2.05, 4.69) is 16.0 Å². The van der Waals surface area contributed by atoms with Crippen LogP contribution in [0, 0.1) is 0 Å². The van der Waals surface area contributed by atoms with E-state index in [4.69, 9.17) is 11.6 Å². The fourth-order valence-corrected chi connectivity index (χ4v) is 3.45. The number of carbonyl (C=O) groups excluding carboxylic acids is 3. The predicted octanol–water partition coefficient (Wildman–Crippen LogP) is 4.80. The van der Waals surface area contributed by atoms with Crippen LogP contribution in [0.3, 0.4) is 0 Å². The van der Waals surface area contributed by atoms with Crippen LogP contribution in [0.4, 0.5) is 11.4 Å². The van der Waals surface area contributed by atoms with Crippen molar-refractivity contribution in [3.63, 3.8) is 0 Å². The van der Waals surface area contributed by atoms with Gasteiger partial charge >= 0.3 is 0 Å². The number of carbonyl (C=O) groups is 3. The first-order chi connectivity index (χ1) is 14.5. The molecule has 0 aliphatic carbocycles. The highest BCUT2D eigenvalue weighted by Gasteiger charge is 2.13. The Morgan fingerprint density at radius 3 is 2.37 bits per heavy atom. The highest BCUT2D eigenvalue weighted by atomic mass is 35.5. The second-order valence-electron chi connectivity index (χ2n) is 6.39. The number of halogens is 1. The maximum Gasteiger partial charge on any atom is 0.261 e. The van der Waals surface area contributed by atoms with E-state index >= 15 is 0 Å². The number of thiophene rings is 1. The Kier molecular flexibility index (Phi) is 7.59. The summed E-state index contributed by atoms with van der Waals surface area (Å²) in [6, 6.07) is 17.1. The van der Waals surface area contributed by atoms with Crippen molar-refractivity contribution < 1.29 is 14.4 Å². The fraction of sp³-hybridized carbons (Fsp3) is 0.136. The summed E-state index contributed by atoms with van der Waals surface area (Å²) in [7, 11) is 0. The quantitative estimate of drug-likeness (QED) is 0.438. The Bertz CT molecular complexity index is 1020. The minimum Gasteiger partial charge on any atom is -0.351 e. The van der Waals surface area contributed by atoms with Crippen molar-refractivity contribution in [3.05, 3.63) is 81.5 Å². The van der Waals surface area contributed by atoms with Gasteiger partial charge in [0.25, 0.3) is 11.8 Å². The second-order valence-corrected chi connectivity index (χ2v) is 7.78. The maximum atomic E-state index is 12.6. The summed E-state index contributed by atoms with van der Waals surface area (Å²) >= 11 is 7.23. The summed E-state index contributed by atoms with van der Waals surface area (Å²) in [5.74, 6) is -0.710. The van der Waals surface area contributed by atoms with Gasteiger partial charge in [0, 0.05) is 23.7 Å². The topological polar surface area (TPSA) is 87.3 Å². The molecular formula is C22H20ClN3O3S. The molecule has 0 atom stereocenters. The number of rotatable bonds is 8. The Hall–Kier alpha value is -3.16. The molecule has 154 valence electrons. The lowest BCUT2D eigenvalue weighted by Crippen LogP contribution is -2.25. The molecule has 0 saturated heterocycles. The molecule has 3 amide bonds. The highest BCUT2D eigenvalue weighted by Crippen LogP contribution is 2.19. The van der Waals surface area contributed by atoms with E-state index < -0.39 is 0 Å². The van der Waals surface area contributed by atoms with Gasteiger partial charge < -0.3 is 16.0 Å². The molecule has 3 rings (SSSR count). The average Bonchev–Trinajstić information content (AvgIpc) is 3.28. The maximum absolute atomic E-state index is 12.6. The Morgan fingerprint density at radius 1 is 0.867 bits per heavy atom. The molecule has 0 aliphatic heterocycles. The molecule has 8 heteroatoms. The summed E-state index contributed by atoms with van der Waals surface area (Å²) < 4.78 is 0. The first-order valence-electron chi connectivity index (χ1n) is 9.30. The standard InChI is InChI=1S/C22H20ClN3O3S/c23-15-9-11-16(12-10-15)25-21(28)17-5-1-2-6-18(17)26-20(27)8-3-13-24-22(29)19-7-4-14-30-19/h1-2,4-7,9-12,14H,3,8,13H2,(H,24,29)(H,25,28)(H,26,27). The molecule has 0 unspecified atom stereocenters. The number of hydrogen-bond donors (Lipinski definition) is 3. The zero-order valence-electron chi connectivity index (χ0n) is 16.0. The molecule has 1 heterocycles. The van der Waals surface area contributed by atoms with Crippen molar-refractivity contribution in [3.8, 4) is 0 Å². The van der Waals surface area contributed by atoms with Crippen molar-refractivity contribution >= 4 is 52.0 Å². The van der Waals surface area contributed by atoms with Crippen molar-refractivity contribution in [1.82, 2.24) is 5.32 Å². The van der Waals surface area contributed by atoms with Crippen molar-refractivity contribution in [1.29, 1.82) is 0 Å². The zero-order chi connectivity index (χ0) is 21.3. The third kappa shape index (κ3) is 6.17. The summed E-state index contributed by atoms with van der Waals surface area (Å²) in [5.41, 5.74) is 1.38. The van der Waals surface area contributed by atoms with Crippen LogP contribution in [-0.2, 0) is 4.79 Å². The molecule has 0 radical (unpaired) electrons. The number of amides is 3. The molecule has 0 spiro atoms. The lowest BCUT2D eigenvalue weighted by atomic mass is 10.1. The van der Waals surface area contributed by atoms with Crippen LogP contribution in [0.1, 0.15) is 32.9 Å². The van der Waals surface area contributed by atoms with Gasteiger partial charge in [0.15, 0.2) is 0 Å². The Balaban J connectivity index is 1.51. The number of benzene rings is 2. The molecule has 0 fully saturated rings. The number of anilines is 2. The molecule has 2 aromatic carbocycles. The molecule has 3 N–H and O–H groups in total. The van der Waals surface area contributed by atoms with Gasteiger partial charge in [0.1, 0.15) is 0 Å². The number of para-hydroxylation sites is 1. The van der Waals surface area contributed by atoms with Crippen molar-refractivity contribution in [2.24, 2.45) is 0 Å². The third-order valence-electron chi connectivity index (χ3n) is 4.16. The molecule has 30 heavy (non-hydrogen) atoms. The number of hydrogen-bond acceptors (Lipinski definition) is 4. The summed E-state index contributed by atoms with van der Waals surface area (Å²) in [6.07, 6.45) is 0.708. The van der Waals surface area contributed by atoms with E-state index in [-0.39, 0.29) is 24.1 Å². The smallest absolute Gasteiger partial charge is 0.261 e. The highest BCUT2D eigenvalue weighted by molar-refractivity contribution is 7.12. The largest absolute Gasteiger partial charge is 0.351 e. The number of nitrogens with one attached hydrogen (secondary N) is 3. The minimum atomic E-state index is -0.337. The van der Waals surface area contributed by atoms with Gasteiger partial charge in [-0.25, -0.2) is 0 Å². The lowest BCUT2D eigenvalue weighted by molar-refractivity contribution is -0.116. The second kappa shape index (κ2) is 10.6. The SMILES string of the molecule is O=C(CCCNC(=O)c1cccs1)Nc1ccccc1C(=O)Nc1ccc(Cl)cc1. The van der Waals surface area contributed by atoms with Gasteiger partial charge in [-0.15, -0.1) is 11.3 Å². The summed E-state index contributed by atoms with van der Waals surface area (Å²) in [5, 5.41) is 10.7. The van der Waals surface area contributed by atoms with Crippen LogP contribution in [0.2, 0.25) is 5.02 Å². The average molecular weight is 442 g/mol. The van der Waals surface area contributed by atoms with E-state index in [1.807, 2.05) is 11.4 Å². The molecule has 1 aromatic heterocycles. The third-order valence-corrected chi connectivity index (χ3v) is 5.28. The van der Waals surface area contributed by atoms with Gasteiger partial charge in [-0.05, 0) is 54.3 Å². The molecule has 0 saturated carbocycles. The molecule has 6 nitrogen and oxygen atoms in total. The van der Waals surface area contributed by atoms with Crippen LogP contribution in [0.25, 0.3) is 0 Å². The van der Waals surface area contributed by atoms with Crippen LogP contribution in [-0.4, -0.2) is 24.3 Å². The first kappa shape index (κ1) is 21.5. The Labute approximate surface area is 183 Å². The van der Waals surface area contributed by atoms with Crippen molar-refractivity contribution in [2.75, 3.05) is 17.2 Å². The minimum absolute atomic E-state index is 0.144. The van der Waals surface area contributed by atoms with E-state index in [1.165, 1.54) is 11.3 Å². The fourth-order valence-electron chi connectivity index (χ4n) is 2.68. The zero-order valence-corrected chi connectivity index (χ0v) is 17.6. The normalized spacial score (nSPS) is 10.3. The predicted molar refractivity (Wildman–Crippen MR) is 120 cm³/mol. The Morgan fingerprint density at radius 2 is 1.63 bits per heavy atom. The van der Waals surface area contributed by atoms with Gasteiger partial charge in [-0.1, -0.05) is 29.8 Å². The van der Waals surface area contributed by atoms with Crippen LogP contribution in [0.5, 0.6) is 0 Å². The summed E-state index contributed by atoms with van der Waals surface area (Å²) in [4.78, 5) is 37.4. The van der Waals surface area contributed by atoms with E-state index in [1.54, 1.807) is 54.6 Å². The van der Waals surface area contributed by atoms with Gasteiger partial charge in [-0.3, -0.25) is 14.4 Å². The summed E-state index contributed by atoms with van der Waals surface area (Å²) in [6.45, 7) is 0.392. The van der Waals surface area contributed by atoms with Crippen LogP contribution < -0.4 is 16.0 Å². The monoisotopic (exact) mass is 441 g/mol. The van der Waals surface area contributed by atoms with Crippen molar-refractivity contribution in [2.45, 2.75) is 12.8 Å². The molecule has 0 bridgehead atoms.